The Balaban J connectivity index is 1.55. The van der Waals surface area contributed by atoms with Gasteiger partial charge in [-0.05, 0) is 73.9 Å². The van der Waals surface area contributed by atoms with Gasteiger partial charge in [-0.15, -0.1) is 10.2 Å². The lowest BCUT2D eigenvalue weighted by Crippen LogP contribution is -2.25. The van der Waals surface area contributed by atoms with Crippen LogP contribution in [0.3, 0.4) is 0 Å². The monoisotopic (exact) mass is 545 g/mol. The molecule has 39 heavy (non-hydrogen) atoms. The van der Waals surface area contributed by atoms with E-state index in [9.17, 15) is 9.59 Å². The van der Waals surface area contributed by atoms with Crippen LogP contribution in [-0.2, 0) is 11.3 Å². The Hall–Kier alpha value is -4.31. The Morgan fingerprint density at radius 1 is 0.897 bits per heavy atom. The van der Waals surface area contributed by atoms with E-state index in [4.69, 9.17) is 9.47 Å². The first-order chi connectivity index (χ1) is 18.8. The molecule has 0 aliphatic heterocycles. The van der Waals surface area contributed by atoms with Crippen LogP contribution in [0.15, 0.2) is 65.8 Å². The lowest BCUT2D eigenvalue weighted by molar-refractivity contribution is -0.113. The Bertz CT molecular complexity index is 1500. The molecule has 0 radical (unpaired) electrons. The summed E-state index contributed by atoms with van der Waals surface area (Å²) in [5, 5.41) is 15.1. The molecule has 10 heteroatoms. The highest BCUT2D eigenvalue weighted by Crippen LogP contribution is 2.28. The quantitative estimate of drug-likeness (QED) is 0.274. The number of amides is 2. The molecule has 4 aromatic rings. The molecule has 2 N–H and O–H groups in total. The maximum Gasteiger partial charge on any atom is 0.251 e. The summed E-state index contributed by atoms with van der Waals surface area (Å²) in [6, 6.07) is 18.7. The average Bonchev–Trinajstić information content (AvgIpc) is 3.33. The van der Waals surface area contributed by atoms with E-state index in [1.807, 2.05) is 67.8 Å². The standard InChI is InChI=1S/C29H31N5O4S/c1-18-7-6-8-22(13-18)31-27(35)17-39-29-33-32-26(34(29)23-14-19(2)9-10-20(23)3)16-30-28(36)21-11-12-24(37-4)25(15-21)38-5/h6-15H,16-17H2,1-5H3,(H,30,36)(H,31,35). The molecule has 0 unspecified atom stereocenters. The molecule has 0 saturated heterocycles. The molecule has 9 nitrogen and oxygen atoms in total. The lowest BCUT2D eigenvalue weighted by atomic mass is 10.1. The zero-order valence-electron chi connectivity index (χ0n) is 22.6. The van der Waals surface area contributed by atoms with Crippen LogP contribution in [0.5, 0.6) is 11.5 Å². The zero-order chi connectivity index (χ0) is 27.9. The van der Waals surface area contributed by atoms with Gasteiger partial charge >= 0.3 is 0 Å². The smallest absolute Gasteiger partial charge is 0.251 e. The Kier molecular flexibility index (Phi) is 8.88. The Morgan fingerprint density at radius 3 is 2.41 bits per heavy atom. The fraction of sp³-hybridized carbons (Fsp3) is 0.241. The van der Waals surface area contributed by atoms with Gasteiger partial charge in [-0.1, -0.05) is 36.0 Å². The maximum atomic E-state index is 13.0. The molecule has 202 valence electrons. The summed E-state index contributed by atoms with van der Waals surface area (Å²) in [6.07, 6.45) is 0. The van der Waals surface area contributed by atoms with Crippen molar-refractivity contribution in [2.24, 2.45) is 0 Å². The number of rotatable bonds is 10. The molecule has 1 heterocycles. The van der Waals surface area contributed by atoms with E-state index in [0.717, 1.165) is 28.1 Å². The molecule has 0 aliphatic rings. The molecule has 2 amide bonds. The van der Waals surface area contributed by atoms with E-state index in [2.05, 4.69) is 20.8 Å². The van der Waals surface area contributed by atoms with Gasteiger partial charge in [0.25, 0.3) is 5.91 Å². The number of hydrogen-bond acceptors (Lipinski definition) is 7. The molecular weight excluding hydrogens is 514 g/mol. The van der Waals surface area contributed by atoms with Crippen LogP contribution in [0.4, 0.5) is 5.69 Å². The minimum atomic E-state index is -0.293. The van der Waals surface area contributed by atoms with Crippen molar-refractivity contribution in [2.75, 3.05) is 25.3 Å². The molecule has 3 aromatic carbocycles. The molecule has 0 bridgehead atoms. The van der Waals surface area contributed by atoms with Crippen molar-refractivity contribution in [2.45, 2.75) is 32.5 Å². The zero-order valence-corrected chi connectivity index (χ0v) is 23.4. The van der Waals surface area contributed by atoms with E-state index in [0.29, 0.717) is 28.0 Å². The van der Waals surface area contributed by atoms with Gasteiger partial charge in [0.05, 0.1) is 32.2 Å². The highest BCUT2D eigenvalue weighted by molar-refractivity contribution is 7.99. The second-order valence-corrected chi connectivity index (χ2v) is 9.93. The highest BCUT2D eigenvalue weighted by atomic mass is 32.2. The molecule has 0 saturated carbocycles. The third kappa shape index (κ3) is 6.77. The van der Waals surface area contributed by atoms with Crippen molar-refractivity contribution in [3.05, 3.63) is 88.7 Å². The second-order valence-electron chi connectivity index (χ2n) is 8.98. The number of hydrogen-bond donors (Lipinski definition) is 2. The summed E-state index contributed by atoms with van der Waals surface area (Å²) in [5.41, 5.74) is 5.20. The van der Waals surface area contributed by atoms with Gasteiger partial charge in [0.15, 0.2) is 22.5 Å². The normalized spacial score (nSPS) is 10.7. The van der Waals surface area contributed by atoms with Crippen molar-refractivity contribution < 1.29 is 19.1 Å². The van der Waals surface area contributed by atoms with Crippen molar-refractivity contribution in [3.8, 4) is 17.2 Å². The number of aromatic nitrogens is 3. The van der Waals surface area contributed by atoms with Crippen molar-refractivity contribution in [1.82, 2.24) is 20.1 Å². The number of carbonyl (C=O) groups excluding carboxylic acids is 2. The molecule has 0 fully saturated rings. The number of ether oxygens (including phenoxy) is 2. The second kappa shape index (κ2) is 12.5. The van der Waals surface area contributed by atoms with Crippen molar-refractivity contribution >= 4 is 29.3 Å². The molecule has 1 aromatic heterocycles. The third-order valence-corrected chi connectivity index (χ3v) is 6.92. The fourth-order valence-electron chi connectivity index (χ4n) is 4.00. The summed E-state index contributed by atoms with van der Waals surface area (Å²) >= 11 is 1.28. The minimum absolute atomic E-state index is 0.129. The van der Waals surface area contributed by atoms with Crippen molar-refractivity contribution in [3.63, 3.8) is 0 Å². The SMILES string of the molecule is COc1ccc(C(=O)NCc2nnc(SCC(=O)Nc3cccc(C)c3)n2-c2cc(C)ccc2C)cc1OC. The van der Waals surface area contributed by atoms with Gasteiger partial charge in [0.1, 0.15) is 0 Å². The van der Waals surface area contributed by atoms with Crippen molar-refractivity contribution in [1.29, 1.82) is 0 Å². The van der Waals surface area contributed by atoms with Gasteiger partial charge < -0.3 is 20.1 Å². The number of methoxy groups -OCH3 is 2. The van der Waals surface area contributed by atoms with E-state index in [1.54, 1.807) is 25.3 Å². The first-order valence-electron chi connectivity index (χ1n) is 12.3. The number of carbonyl (C=O) groups is 2. The van der Waals surface area contributed by atoms with E-state index in [1.165, 1.54) is 18.9 Å². The summed E-state index contributed by atoms with van der Waals surface area (Å²) in [6.45, 7) is 6.11. The summed E-state index contributed by atoms with van der Waals surface area (Å²) in [7, 11) is 3.06. The number of thioether (sulfide) groups is 1. The van der Waals surface area contributed by atoms with Crippen LogP contribution in [0.1, 0.15) is 32.9 Å². The van der Waals surface area contributed by atoms with E-state index >= 15 is 0 Å². The van der Waals surface area contributed by atoms with Gasteiger partial charge in [-0.2, -0.15) is 0 Å². The number of nitrogens with zero attached hydrogens (tertiary/aromatic N) is 3. The predicted molar refractivity (Wildman–Crippen MR) is 152 cm³/mol. The van der Waals surface area contributed by atoms with Crippen LogP contribution in [0.2, 0.25) is 0 Å². The van der Waals surface area contributed by atoms with Crippen LogP contribution in [0, 0.1) is 20.8 Å². The molecule has 0 atom stereocenters. The molecule has 4 rings (SSSR count). The van der Waals surface area contributed by atoms with E-state index < -0.39 is 0 Å². The summed E-state index contributed by atoms with van der Waals surface area (Å²) < 4.78 is 12.5. The van der Waals surface area contributed by atoms with Gasteiger partial charge in [0.2, 0.25) is 5.91 Å². The molecular formula is C29H31N5O4S. The Labute approximate surface area is 231 Å². The van der Waals surface area contributed by atoms with E-state index in [-0.39, 0.29) is 24.1 Å². The van der Waals surface area contributed by atoms with Crippen LogP contribution < -0.4 is 20.1 Å². The fourth-order valence-corrected chi connectivity index (χ4v) is 4.76. The van der Waals surface area contributed by atoms with Gasteiger partial charge in [0, 0.05) is 11.3 Å². The lowest BCUT2D eigenvalue weighted by Gasteiger charge is -2.14. The van der Waals surface area contributed by atoms with Crippen LogP contribution in [-0.4, -0.2) is 46.6 Å². The van der Waals surface area contributed by atoms with Gasteiger partial charge in [-0.3, -0.25) is 14.2 Å². The van der Waals surface area contributed by atoms with Gasteiger partial charge in [-0.25, -0.2) is 0 Å². The largest absolute Gasteiger partial charge is 0.493 e. The first-order valence-corrected chi connectivity index (χ1v) is 13.3. The first kappa shape index (κ1) is 27.7. The number of aryl methyl sites for hydroxylation is 3. The molecule has 0 spiro atoms. The molecule has 0 aliphatic carbocycles. The number of benzene rings is 3. The Morgan fingerprint density at radius 2 is 1.67 bits per heavy atom. The summed E-state index contributed by atoms with van der Waals surface area (Å²) in [4.78, 5) is 25.6. The van der Waals surface area contributed by atoms with Crippen LogP contribution >= 0.6 is 11.8 Å². The van der Waals surface area contributed by atoms with Crippen LogP contribution in [0.25, 0.3) is 5.69 Å². The highest BCUT2D eigenvalue weighted by Gasteiger charge is 2.19. The predicted octanol–water partition coefficient (Wildman–Crippen LogP) is 4.87. The summed E-state index contributed by atoms with van der Waals surface area (Å²) in [5.74, 6) is 1.25. The number of anilines is 1. The topological polar surface area (TPSA) is 107 Å². The minimum Gasteiger partial charge on any atom is -0.493 e. The average molecular weight is 546 g/mol. The maximum absolute atomic E-state index is 13.0. The third-order valence-electron chi connectivity index (χ3n) is 5.99. The number of nitrogens with one attached hydrogen (secondary N) is 2.